The van der Waals surface area contributed by atoms with Crippen molar-refractivity contribution < 1.29 is 13.2 Å². The third-order valence-corrected chi connectivity index (χ3v) is 6.30. The second kappa shape index (κ2) is 11.2. The van der Waals surface area contributed by atoms with Crippen molar-refractivity contribution >= 4 is 21.4 Å². The Morgan fingerprint density at radius 2 is 1.78 bits per heavy atom. The molecule has 0 heterocycles. The van der Waals surface area contributed by atoms with Crippen LogP contribution >= 0.6 is 0 Å². The maximum absolute atomic E-state index is 11.9. The number of nitroso groups, excluding NO2 is 1. The van der Waals surface area contributed by atoms with Gasteiger partial charge in [0.15, 0.2) is 0 Å². The number of hydrogen-bond acceptors (Lipinski definition) is 6. The van der Waals surface area contributed by atoms with Crippen molar-refractivity contribution in [2.24, 2.45) is 5.18 Å². The van der Waals surface area contributed by atoms with Crippen molar-refractivity contribution in [3.63, 3.8) is 0 Å². The molecule has 1 aromatic rings. The fourth-order valence-electron chi connectivity index (χ4n) is 2.23. The summed E-state index contributed by atoms with van der Waals surface area (Å²) in [7, 11) is -3.28. The summed E-state index contributed by atoms with van der Waals surface area (Å²) in [6, 6.07) is 5.27. The van der Waals surface area contributed by atoms with Gasteiger partial charge in [-0.2, -0.15) is 0 Å². The van der Waals surface area contributed by atoms with Gasteiger partial charge < -0.3 is 10.1 Å². The molecular formula is C19H33N3O4S. The molecule has 27 heavy (non-hydrogen) atoms. The molecule has 0 atom stereocenters. The van der Waals surface area contributed by atoms with E-state index in [4.69, 9.17) is 4.74 Å². The fourth-order valence-corrected chi connectivity index (χ4v) is 3.08. The highest BCUT2D eigenvalue weighted by Gasteiger charge is 2.27. The van der Waals surface area contributed by atoms with Gasteiger partial charge in [-0.3, -0.25) is 0 Å². The first-order valence-corrected chi connectivity index (χ1v) is 11.0. The molecule has 2 N–H and O–H groups in total. The van der Waals surface area contributed by atoms with E-state index in [9.17, 15) is 13.3 Å². The van der Waals surface area contributed by atoms with Gasteiger partial charge in [0.05, 0.1) is 17.0 Å². The van der Waals surface area contributed by atoms with Gasteiger partial charge in [-0.25, -0.2) is 13.1 Å². The van der Waals surface area contributed by atoms with Crippen molar-refractivity contribution in [3.8, 4) is 5.75 Å². The summed E-state index contributed by atoms with van der Waals surface area (Å²) < 4.78 is 31.3. The van der Waals surface area contributed by atoms with Crippen LogP contribution in [-0.2, 0) is 10.0 Å². The molecule has 0 saturated carbocycles. The lowest BCUT2D eigenvalue weighted by molar-refractivity contribution is 0.309. The second-order valence-corrected chi connectivity index (χ2v) is 9.99. The van der Waals surface area contributed by atoms with Gasteiger partial charge >= 0.3 is 0 Å². The molecule has 7 nitrogen and oxygen atoms in total. The minimum absolute atomic E-state index is 0.335. The van der Waals surface area contributed by atoms with Crippen molar-refractivity contribution in [2.75, 3.05) is 25.0 Å². The van der Waals surface area contributed by atoms with E-state index in [2.05, 4.69) is 22.1 Å². The first kappa shape index (κ1) is 23.4. The zero-order valence-electron chi connectivity index (χ0n) is 16.9. The number of hydrogen-bond donors (Lipinski definition) is 2. The Morgan fingerprint density at radius 3 is 2.41 bits per heavy atom. The summed E-state index contributed by atoms with van der Waals surface area (Å²) in [4.78, 5) is 11.0. The monoisotopic (exact) mass is 399 g/mol. The van der Waals surface area contributed by atoms with Gasteiger partial charge in [0, 0.05) is 19.2 Å². The molecule has 8 heteroatoms. The maximum Gasteiger partial charge on any atom is 0.216 e. The van der Waals surface area contributed by atoms with Crippen LogP contribution in [0.1, 0.15) is 59.8 Å². The lowest BCUT2D eigenvalue weighted by Gasteiger charge is -2.19. The Bertz CT molecular complexity index is 685. The van der Waals surface area contributed by atoms with E-state index in [-0.39, 0.29) is 0 Å². The molecule has 154 valence electrons. The molecule has 1 aromatic carbocycles. The second-order valence-electron chi connectivity index (χ2n) is 7.47. The van der Waals surface area contributed by atoms with Crippen LogP contribution in [0.4, 0.5) is 11.4 Å². The number of rotatable bonds is 13. The average Bonchev–Trinajstić information content (AvgIpc) is 2.60. The number of sulfonamides is 1. The number of anilines is 1. The molecular weight excluding hydrogens is 366 g/mol. The van der Waals surface area contributed by atoms with E-state index >= 15 is 0 Å². The van der Waals surface area contributed by atoms with Gasteiger partial charge in [-0.05, 0) is 57.3 Å². The van der Waals surface area contributed by atoms with Gasteiger partial charge in [-0.15, -0.1) is 4.91 Å². The quantitative estimate of drug-likeness (QED) is 0.374. The molecule has 0 fully saturated rings. The van der Waals surface area contributed by atoms with Crippen LogP contribution in [0, 0.1) is 4.91 Å². The van der Waals surface area contributed by atoms with Crippen molar-refractivity contribution in [1.29, 1.82) is 0 Å². The molecule has 0 unspecified atom stereocenters. The number of nitrogens with zero attached hydrogens (tertiary/aromatic N) is 1. The van der Waals surface area contributed by atoms with Crippen LogP contribution in [0.3, 0.4) is 0 Å². The topological polar surface area (TPSA) is 96.9 Å². The third kappa shape index (κ3) is 8.26. The van der Waals surface area contributed by atoms with Crippen LogP contribution in [-0.4, -0.2) is 32.9 Å². The zero-order chi connectivity index (χ0) is 20.3. The molecule has 1 rings (SSSR count). The van der Waals surface area contributed by atoms with Crippen molar-refractivity contribution in [2.45, 2.75) is 64.5 Å². The molecule has 0 saturated heterocycles. The number of ether oxygens (including phenoxy) is 1. The highest BCUT2D eigenvalue weighted by Crippen LogP contribution is 2.29. The Morgan fingerprint density at radius 1 is 1.07 bits per heavy atom. The van der Waals surface area contributed by atoms with E-state index in [1.807, 2.05) is 6.07 Å². The van der Waals surface area contributed by atoms with Crippen molar-refractivity contribution in [1.82, 2.24) is 4.72 Å². The number of benzene rings is 1. The largest absolute Gasteiger partial charge is 0.494 e. The Labute approximate surface area is 163 Å². The van der Waals surface area contributed by atoms with Gasteiger partial charge in [-0.1, -0.05) is 19.8 Å². The molecule has 0 aromatic heterocycles. The normalized spacial score (nSPS) is 12.0. The number of nitrogens with one attached hydrogen (secondary N) is 2. The summed E-state index contributed by atoms with van der Waals surface area (Å²) in [6.07, 6.45) is 4.53. The predicted molar refractivity (Wildman–Crippen MR) is 111 cm³/mol. The smallest absolute Gasteiger partial charge is 0.216 e. The van der Waals surface area contributed by atoms with E-state index in [0.29, 0.717) is 36.8 Å². The maximum atomic E-state index is 11.9. The Kier molecular flexibility index (Phi) is 9.73. The van der Waals surface area contributed by atoms with E-state index in [0.717, 1.165) is 32.1 Å². The Hall–Kier alpha value is -1.67. The fraction of sp³-hybridized carbons (Fsp3) is 0.684. The summed E-state index contributed by atoms with van der Waals surface area (Å²) in [5.41, 5.74) is 1.02. The SMILES string of the molecule is CCCCOc1ccc(NCCCCCNS(=O)(=O)C(C)(C)C)c(N=O)c1. The summed E-state index contributed by atoms with van der Waals surface area (Å²) in [5.74, 6) is 0.648. The zero-order valence-corrected chi connectivity index (χ0v) is 17.7. The predicted octanol–water partition coefficient (Wildman–Crippen LogP) is 4.56. The Balaban J connectivity index is 2.33. The standard InChI is InChI=1S/C19H33N3O4S/c1-5-6-14-26-16-10-11-17(18(15-16)22-23)20-12-8-7-9-13-21-27(24,25)19(2,3)4/h10-11,15,20-21H,5-9,12-14H2,1-4H3. The molecule has 0 spiro atoms. The molecule has 0 aliphatic heterocycles. The van der Waals surface area contributed by atoms with Gasteiger partial charge in [0.2, 0.25) is 10.0 Å². The summed E-state index contributed by atoms with van der Waals surface area (Å²) in [5, 5.41) is 6.27. The van der Waals surface area contributed by atoms with Crippen LogP contribution in [0.5, 0.6) is 5.75 Å². The van der Waals surface area contributed by atoms with Gasteiger partial charge in [0.25, 0.3) is 0 Å². The van der Waals surface area contributed by atoms with Crippen molar-refractivity contribution in [3.05, 3.63) is 23.1 Å². The van der Waals surface area contributed by atoms with Crippen LogP contribution < -0.4 is 14.8 Å². The third-order valence-electron chi connectivity index (χ3n) is 4.10. The first-order valence-electron chi connectivity index (χ1n) is 9.54. The molecule has 0 bridgehead atoms. The van der Waals surface area contributed by atoms with E-state index in [1.165, 1.54) is 0 Å². The van der Waals surface area contributed by atoms with Crippen LogP contribution in [0.2, 0.25) is 0 Å². The van der Waals surface area contributed by atoms with Gasteiger partial charge in [0.1, 0.15) is 11.4 Å². The summed E-state index contributed by atoms with van der Waals surface area (Å²) >= 11 is 0. The summed E-state index contributed by atoms with van der Waals surface area (Å²) in [6.45, 7) is 8.87. The molecule has 0 radical (unpaired) electrons. The average molecular weight is 400 g/mol. The highest BCUT2D eigenvalue weighted by atomic mass is 32.2. The molecule has 0 amide bonds. The minimum atomic E-state index is -3.28. The van der Waals surface area contributed by atoms with E-state index < -0.39 is 14.8 Å². The first-order chi connectivity index (χ1) is 12.7. The van der Waals surface area contributed by atoms with Crippen LogP contribution in [0.15, 0.2) is 23.4 Å². The molecule has 0 aliphatic carbocycles. The lowest BCUT2D eigenvalue weighted by atomic mass is 10.2. The minimum Gasteiger partial charge on any atom is -0.494 e. The van der Waals surface area contributed by atoms with Crippen LogP contribution in [0.25, 0.3) is 0 Å². The lowest BCUT2D eigenvalue weighted by Crippen LogP contribution is -2.39. The number of unbranched alkanes of at least 4 members (excludes halogenated alkanes) is 3. The van der Waals surface area contributed by atoms with E-state index in [1.54, 1.807) is 32.9 Å². The molecule has 0 aliphatic rings. The highest BCUT2D eigenvalue weighted by molar-refractivity contribution is 7.90.